The van der Waals surface area contributed by atoms with Gasteiger partial charge in [-0.3, -0.25) is 9.69 Å². The Labute approximate surface area is 160 Å². The van der Waals surface area contributed by atoms with Gasteiger partial charge in [-0.05, 0) is 43.5 Å². The zero-order chi connectivity index (χ0) is 19.6. The number of hydrogen-bond acceptors (Lipinski definition) is 2. The molecule has 0 unspecified atom stereocenters. The number of benzene rings is 1. The van der Waals surface area contributed by atoms with E-state index in [1.807, 2.05) is 17.9 Å². The Morgan fingerprint density at radius 1 is 1.22 bits per heavy atom. The second-order valence-electron chi connectivity index (χ2n) is 6.67. The van der Waals surface area contributed by atoms with Crippen LogP contribution in [0.2, 0.25) is 5.02 Å². The molecule has 1 fully saturated rings. The number of carbonyl (C=O) groups is 1. The molecule has 0 atom stereocenters. The number of hydrogen-bond donors (Lipinski definition) is 1. The molecule has 1 aliphatic heterocycles. The molecule has 2 N–H and O–H groups in total. The van der Waals surface area contributed by atoms with Gasteiger partial charge in [0.2, 0.25) is 5.91 Å². The van der Waals surface area contributed by atoms with E-state index in [9.17, 15) is 18.0 Å². The number of halogens is 4. The van der Waals surface area contributed by atoms with Crippen LogP contribution in [0.4, 0.5) is 24.7 Å². The molecule has 4 nitrogen and oxygen atoms in total. The highest BCUT2D eigenvalue weighted by Crippen LogP contribution is 2.29. The van der Waals surface area contributed by atoms with Gasteiger partial charge in [-0.2, -0.15) is 13.2 Å². The average molecular weight is 399 g/mol. The first-order valence-electron chi connectivity index (χ1n) is 8.65. The first-order valence-corrected chi connectivity index (χ1v) is 9.03. The van der Waals surface area contributed by atoms with Gasteiger partial charge in [-0.25, -0.2) is 4.98 Å². The molecule has 1 aromatic carbocycles. The standard InChI is InChI=1S/C19H19ClF3N3O/c1-12-2-4-15(20)10-16(12)25-18(27)13-6-8-26(9-7-13)17-5-3-14(11-24-17)19(21,22)23/h2-5,10-11,13H,6-9H2,1H3,(H,25,27)/p+1. The summed E-state index contributed by atoms with van der Waals surface area (Å²) < 4.78 is 37.9. The third-order valence-corrected chi connectivity index (χ3v) is 5.02. The Kier molecular flexibility index (Phi) is 5.60. The number of pyridine rings is 1. The van der Waals surface area contributed by atoms with Crippen molar-refractivity contribution in [3.63, 3.8) is 0 Å². The van der Waals surface area contributed by atoms with Crippen LogP contribution in [0.15, 0.2) is 36.5 Å². The summed E-state index contributed by atoms with van der Waals surface area (Å²) in [5, 5.41) is 3.48. The molecule has 1 saturated heterocycles. The molecule has 1 amide bonds. The van der Waals surface area contributed by atoms with Gasteiger partial charge in [0.15, 0.2) is 0 Å². The quantitative estimate of drug-likeness (QED) is 0.836. The zero-order valence-electron chi connectivity index (χ0n) is 14.7. The van der Waals surface area contributed by atoms with Gasteiger partial charge in [-0.1, -0.05) is 17.7 Å². The van der Waals surface area contributed by atoms with E-state index in [1.165, 1.54) is 6.07 Å². The van der Waals surface area contributed by atoms with Gasteiger partial charge in [0.05, 0.1) is 18.7 Å². The summed E-state index contributed by atoms with van der Waals surface area (Å²) in [6.07, 6.45) is -2.14. The number of piperidine rings is 1. The number of amides is 1. The number of anilines is 2. The lowest BCUT2D eigenvalue weighted by atomic mass is 9.95. The Bertz CT molecular complexity index is 816. The minimum absolute atomic E-state index is 0.0589. The topological polar surface area (TPSA) is 46.5 Å². The van der Waals surface area contributed by atoms with Crippen LogP contribution in [0, 0.1) is 12.8 Å². The lowest BCUT2D eigenvalue weighted by Gasteiger charge is -2.27. The molecule has 1 aromatic heterocycles. The van der Waals surface area contributed by atoms with Crippen molar-refractivity contribution >= 4 is 29.0 Å². The van der Waals surface area contributed by atoms with Crippen molar-refractivity contribution in [1.82, 2.24) is 0 Å². The molecule has 3 rings (SSSR count). The van der Waals surface area contributed by atoms with Crippen LogP contribution in [0.3, 0.4) is 0 Å². The largest absolute Gasteiger partial charge is 0.419 e. The molecule has 0 radical (unpaired) electrons. The van der Waals surface area contributed by atoms with Crippen molar-refractivity contribution in [2.75, 3.05) is 23.3 Å². The van der Waals surface area contributed by atoms with E-state index < -0.39 is 11.7 Å². The van der Waals surface area contributed by atoms with Crippen LogP contribution in [0.1, 0.15) is 24.0 Å². The highest BCUT2D eigenvalue weighted by Gasteiger charge is 2.33. The van der Waals surface area contributed by atoms with E-state index >= 15 is 0 Å². The van der Waals surface area contributed by atoms with Gasteiger partial charge < -0.3 is 5.32 Å². The van der Waals surface area contributed by atoms with Crippen LogP contribution in [0.25, 0.3) is 0 Å². The highest BCUT2D eigenvalue weighted by molar-refractivity contribution is 6.31. The van der Waals surface area contributed by atoms with Crippen LogP contribution in [-0.4, -0.2) is 19.0 Å². The maximum atomic E-state index is 12.6. The number of aromatic amines is 1. The molecule has 0 aliphatic carbocycles. The molecule has 1 aliphatic rings. The van der Waals surface area contributed by atoms with Gasteiger partial charge >= 0.3 is 6.18 Å². The van der Waals surface area contributed by atoms with Crippen molar-refractivity contribution in [3.05, 3.63) is 52.7 Å². The second-order valence-corrected chi connectivity index (χ2v) is 7.11. The Morgan fingerprint density at radius 3 is 2.52 bits per heavy atom. The Morgan fingerprint density at radius 2 is 1.93 bits per heavy atom. The van der Waals surface area contributed by atoms with Crippen LogP contribution in [0.5, 0.6) is 0 Å². The number of carbonyl (C=O) groups excluding carboxylic acids is 1. The summed E-state index contributed by atoms with van der Waals surface area (Å²) in [5.74, 6) is 0.415. The van der Waals surface area contributed by atoms with E-state index in [0.29, 0.717) is 42.5 Å². The minimum atomic E-state index is -4.36. The van der Waals surface area contributed by atoms with E-state index in [0.717, 1.165) is 17.8 Å². The van der Waals surface area contributed by atoms with E-state index in [2.05, 4.69) is 10.3 Å². The molecule has 2 heterocycles. The molecule has 0 spiro atoms. The second kappa shape index (κ2) is 7.76. The number of nitrogens with one attached hydrogen (secondary N) is 2. The van der Waals surface area contributed by atoms with Crippen molar-refractivity contribution in [3.8, 4) is 0 Å². The summed E-state index contributed by atoms with van der Waals surface area (Å²) in [5.41, 5.74) is 0.924. The number of alkyl halides is 3. The predicted octanol–water partition coefficient (Wildman–Crippen LogP) is 4.34. The molecule has 144 valence electrons. The maximum Gasteiger partial charge on any atom is 0.419 e. The van der Waals surface area contributed by atoms with Gasteiger partial charge in [0, 0.05) is 22.7 Å². The fraction of sp³-hybridized carbons (Fsp3) is 0.368. The SMILES string of the molecule is Cc1ccc(Cl)cc1NC(=O)C1CCN(c2ccc(C(F)(F)F)c[nH+]2)CC1. The number of aryl methyl sites for hydroxylation is 1. The van der Waals surface area contributed by atoms with Crippen molar-refractivity contribution in [2.24, 2.45) is 5.92 Å². The summed E-state index contributed by atoms with van der Waals surface area (Å²) in [6.45, 7) is 3.08. The lowest BCUT2D eigenvalue weighted by molar-refractivity contribution is -0.367. The van der Waals surface area contributed by atoms with Crippen LogP contribution < -0.4 is 15.2 Å². The number of H-pyrrole nitrogens is 1. The monoisotopic (exact) mass is 398 g/mol. The molecule has 27 heavy (non-hydrogen) atoms. The fourth-order valence-corrected chi connectivity index (χ4v) is 3.31. The smallest absolute Gasteiger partial charge is 0.326 e. The first-order chi connectivity index (χ1) is 12.7. The maximum absolute atomic E-state index is 12.6. The Hall–Kier alpha value is -2.28. The lowest BCUT2D eigenvalue weighted by Crippen LogP contribution is -2.40. The third kappa shape index (κ3) is 4.71. The summed E-state index contributed by atoms with van der Waals surface area (Å²) in [6, 6.07) is 7.83. The molecule has 0 bridgehead atoms. The molecular weight excluding hydrogens is 379 g/mol. The number of nitrogens with zero attached hydrogens (tertiary/aromatic N) is 1. The summed E-state index contributed by atoms with van der Waals surface area (Å²) >= 11 is 5.98. The van der Waals surface area contributed by atoms with Gasteiger partial charge in [0.1, 0.15) is 6.20 Å². The highest BCUT2D eigenvalue weighted by atomic mass is 35.5. The van der Waals surface area contributed by atoms with Crippen molar-refractivity contribution < 1.29 is 22.9 Å². The Balaban J connectivity index is 1.58. The van der Waals surface area contributed by atoms with Crippen LogP contribution in [-0.2, 0) is 11.0 Å². The normalized spacial score (nSPS) is 15.7. The van der Waals surface area contributed by atoms with Gasteiger partial charge in [0.25, 0.3) is 5.82 Å². The third-order valence-electron chi connectivity index (χ3n) is 4.79. The van der Waals surface area contributed by atoms with Crippen LogP contribution >= 0.6 is 11.6 Å². The predicted molar refractivity (Wildman–Crippen MR) is 97.8 cm³/mol. The molecular formula is C19H20ClF3N3O+. The van der Waals surface area contributed by atoms with Crippen molar-refractivity contribution in [2.45, 2.75) is 25.9 Å². The van der Waals surface area contributed by atoms with E-state index in [4.69, 9.17) is 11.6 Å². The van der Waals surface area contributed by atoms with Crippen molar-refractivity contribution in [1.29, 1.82) is 0 Å². The summed E-state index contributed by atoms with van der Waals surface area (Å²) in [4.78, 5) is 17.2. The minimum Gasteiger partial charge on any atom is -0.326 e. The van der Waals surface area contributed by atoms with E-state index in [-0.39, 0.29) is 11.8 Å². The fourth-order valence-electron chi connectivity index (χ4n) is 3.14. The zero-order valence-corrected chi connectivity index (χ0v) is 15.5. The average Bonchev–Trinajstić information content (AvgIpc) is 2.64. The van der Waals surface area contributed by atoms with E-state index in [1.54, 1.807) is 12.1 Å². The van der Waals surface area contributed by atoms with Gasteiger partial charge in [-0.15, -0.1) is 0 Å². The molecule has 8 heteroatoms. The first kappa shape index (κ1) is 19.5. The number of aromatic nitrogens is 1. The summed E-state index contributed by atoms with van der Waals surface area (Å²) in [7, 11) is 0. The molecule has 0 saturated carbocycles. The molecule has 2 aromatic rings. The number of rotatable bonds is 3.